The summed E-state index contributed by atoms with van der Waals surface area (Å²) in [5.74, 6) is 1.45. The first-order chi connectivity index (χ1) is 15.1. The van der Waals surface area contributed by atoms with Gasteiger partial charge in [-0.1, -0.05) is 18.2 Å². The van der Waals surface area contributed by atoms with Crippen molar-refractivity contribution in [1.82, 2.24) is 20.4 Å². The molecule has 0 bridgehead atoms. The molecular formula is C22H25F2N5O2. The zero-order valence-electron chi connectivity index (χ0n) is 17.4. The molecule has 0 saturated carbocycles. The summed E-state index contributed by atoms with van der Waals surface area (Å²) >= 11 is 0. The van der Waals surface area contributed by atoms with E-state index in [4.69, 9.17) is 4.74 Å². The van der Waals surface area contributed by atoms with Crippen molar-refractivity contribution < 1.29 is 18.3 Å². The average molecular weight is 429 g/mol. The molecule has 0 unspecified atom stereocenters. The predicted octanol–water partition coefficient (Wildman–Crippen LogP) is 3.74. The number of benzene rings is 2. The lowest BCUT2D eigenvalue weighted by Crippen LogP contribution is -2.36. The highest BCUT2D eigenvalue weighted by Crippen LogP contribution is 2.21. The molecule has 0 aliphatic rings. The summed E-state index contributed by atoms with van der Waals surface area (Å²) in [6, 6.07) is 16.1. The van der Waals surface area contributed by atoms with Gasteiger partial charge < -0.3 is 20.1 Å². The van der Waals surface area contributed by atoms with Crippen LogP contribution in [0.5, 0.6) is 11.5 Å². The van der Waals surface area contributed by atoms with Gasteiger partial charge in [-0.3, -0.25) is 0 Å². The number of nitrogens with one attached hydrogen (secondary N) is 2. The predicted molar refractivity (Wildman–Crippen MR) is 115 cm³/mol. The molecule has 164 valence electrons. The van der Waals surface area contributed by atoms with Crippen LogP contribution in [0, 0.1) is 0 Å². The highest BCUT2D eigenvalue weighted by atomic mass is 19.3. The highest BCUT2D eigenvalue weighted by molar-refractivity contribution is 5.79. The van der Waals surface area contributed by atoms with Crippen LogP contribution in [-0.4, -0.2) is 36.0 Å². The van der Waals surface area contributed by atoms with E-state index in [1.54, 1.807) is 30.0 Å². The van der Waals surface area contributed by atoms with Gasteiger partial charge in [-0.15, -0.1) is 0 Å². The van der Waals surface area contributed by atoms with Gasteiger partial charge in [-0.05, 0) is 43.3 Å². The van der Waals surface area contributed by atoms with Gasteiger partial charge in [0.15, 0.2) is 5.96 Å². The van der Waals surface area contributed by atoms with Crippen LogP contribution < -0.4 is 20.1 Å². The fourth-order valence-electron chi connectivity index (χ4n) is 2.86. The van der Waals surface area contributed by atoms with E-state index in [1.807, 2.05) is 43.5 Å². The summed E-state index contributed by atoms with van der Waals surface area (Å²) in [5, 5.41) is 10.9. The van der Waals surface area contributed by atoms with Crippen molar-refractivity contribution >= 4 is 5.96 Å². The first-order valence-corrected chi connectivity index (χ1v) is 9.83. The van der Waals surface area contributed by atoms with Crippen LogP contribution in [0.15, 0.2) is 65.8 Å². The van der Waals surface area contributed by atoms with Crippen molar-refractivity contribution in [3.05, 3.63) is 72.1 Å². The van der Waals surface area contributed by atoms with Crippen molar-refractivity contribution in [2.75, 3.05) is 13.7 Å². The molecule has 9 heteroatoms. The van der Waals surface area contributed by atoms with E-state index in [9.17, 15) is 8.78 Å². The Morgan fingerprint density at radius 2 is 1.87 bits per heavy atom. The molecule has 3 aromatic rings. The Hall–Kier alpha value is -3.62. The van der Waals surface area contributed by atoms with E-state index in [-0.39, 0.29) is 12.3 Å². The standard InChI is InChI=1S/C22H25F2N5O2/c1-3-25-22(26-14-16-6-4-5-7-20(16)31-21(23)24)27-15-17-12-13-29(28-17)18-8-10-19(30-2)11-9-18/h4-13,21H,3,14-15H2,1-2H3,(H2,25,26,27). The fraction of sp³-hybridized carbons (Fsp3) is 0.273. The van der Waals surface area contributed by atoms with Gasteiger partial charge in [0, 0.05) is 18.3 Å². The number of alkyl halides is 2. The monoisotopic (exact) mass is 429 g/mol. The summed E-state index contributed by atoms with van der Waals surface area (Å²) in [5.41, 5.74) is 2.31. The van der Waals surface area contributed by atoms with Gasteiger partial charge in [0.25, 0.3) is 0 Å². The van der Waals surface area contributed by atoms with Gasteiger partial charge in [-0.2, -0.15) is 13.9 Å². The molecular weight excluding hydrogens is 404 g/mol. The molecule has 31 heavy (non-hydrogen) atoms. The number of para-hydroxylation sites is 1. The summed E-state index contributed by atoms with van der Waals surface area (Å²) in [7, 11) is 1.63. The normalized spacial score (nSPS) is 11.5. The van der Waals surface area contributed by atoms with Gasteiger partial charge in [0.2, 0.25) is 0 Å². The molecule has 1 heterocycles. The Balaban J connectivity index is 1.64. The Bertz CT molecular complexity index is 990. The molecule has 2 aromatic carbocycles. The quantitative estimate of drug-likeness (QED) is 0.401. The number of methoxy groups -OCH3 is 1. The van der Waals surface area contributed by atoms with Gasteiger partial charge >= 0.3 is 6.61 Å². The molecule has 0 spiro atoms. The summed E-state index contributed by atoms with van der Waals surface area (Å²) in [6.07, 6.45) is 1.88. The molecule has 0 aliphatic carbocycles. The largest absolute Gasteiger partial charge is 0.497 e. The van der Waals surface area contributed by atoms with E-state index in [2.05, 4.69) is 25.5 Å². The van der Waals surface area contributed by atoms with Crippen molar-refractivity contribution in [2.24, 2.45) is 4.99 Å². The summed E-state index contributed by atoms with van der Waals surface area (Å²) < 4.78 is 36.7. The van der Waals surface area contributed by atoms with Gasteiger partial charge in [0.05, 0.1) is 31.6 Å². The van der Waals surface area contributed by atoms with Crippen LogP contribution in [-0.2, 0) is 13.1 Å². The molecule has 0 aliphatic heterocycles. The Morgan fingerprint density at radius 1 is 1.10 bits per heavy atom. The number of guanidine groups is 1. The third kappa shape index (κ3) is 6.43. The van der Waals surface area contributed by atoms with Crippen LogP contribution in [0.1, 0.15) is 18.2 Å². The molecule has 0 fully saturated rings. The zero-order valence-corrected chi connectivity index (χ0v) is 17.4. The number of ether oxygens (including phenoxy) is 2. The number of hydrogen-bond acceptors (Lipinski definition) is 4. The van der Waals surface area contributed by atoms with E-state index < -0.39 is 6.61 Å². The maximum Gasteiger partial charge on any atom is 0.387 e. The first kappa shape index (κ1) is 22.1. The lowest BCUT2D eigenvalue weighted by molar-refractivity contribution is -0.0504. The SMILES string of the molecule is CCNC(=NCc1ccccc1OC(F)F)NCc1ccn(-c2ccc(OC)cc2)n1. The minimum absolute atomic E-state index is 0.121. The van der Waals surface area contributed by atoms with Crippen LogP contribution in [0.25, 0.3) is 5.69 Å². The third-order valence-electron chi connectivity index (χ3n) is 4.36. The molecule has 0 saturated heterocycles. The smallest absolute Gasteiger partial charge is 0.387 e. The molecule has 0 radical (unpaired) electrons. The van der Waals surface area contributed by atoms with Crippen molar-refractivity contribution in [1.29, 1.82) is 0 Å². The van der Waals surface area contributed by atoms with Crippen molar-refractivity contribution in [3.63, 3.8) is 0 Å². The van der Waals surface area contributed by atoms with Gasteiger partial charge in [-0.25, -0.2) is 9.67 Å². The minimum atomic E-state index is -2.88. The minimum Gasteiger partial charge on any atom is -0.497 e. The van der Waals surface area contributed by atoms with Crippen LogP contribution in [0.3, 0.4) is 0 Å². The summed E-state index contributed by atoms with van der Waals surface area (Å²) in [6.45, 7) is 0.366. The van der Waals surface area contributed by atoms with E-state index in [1.165, 1.54) is 6.07 Å². The second kappa shape index (κ2) is 11.0. The number of hydrogen-bond donors (Lipinski definition) is 2. The topological polar surface area (TPSA) is 72.7 Å². The van der Waals surface area contributed by atoms with E-state index >= 15 is 0 Å². The number of halogens is 2. The second-order valence-corrected chi connectivity index (χ2v) is 6.48. The molecule has 0 amide bonds. The Kier molecular flexibility index (Phi) is 7.80. The lowest BCUT2D eigenvalue weighted by Gasteiger charge is -2.12. The van der Waals surface area contributed by atoms with Crippen molar-refractivity contribution in [3.8, 4) is 17.2 Å². The number of rotatable bonds is 9. The van der Waals surface area contributed by atoms with E-state index in [0.717, 1.165) is 17.1 Å². The number of aliphatic imine (C=N–C) groups is 1. The maximum absolute atomic E-state index is 12.6. The zero-order chi connectivity index (χ0) is 22.1. The first-order valence-electron chi connectivity index (χ1n) is 9.83. The second-order valence-electron chi connectivity index (χ2n) is 6.48. The molecule has 1 aromatic heterocycles. The fourth-order valence-corrected chi connectivity index (χ4v) is 2.86. The molecule has 3 rings (SSSR count). The van der Waals surface area contributed by atoms with Crippen molar-refractivity contribution in [2.45, 2.75) is 26.6 Å². The molecule has 2 N–H and O–H groups in total. The molecule has 0 atom stereocenters. The third-order valence-corrected chi connectivity index (χ3v) is 4.36. The summed E-state index contributed by atoms with van der Waals surface area (Å²) in [4.78, 5) is 4.47. The maximum atomic E-state index is 12.6. The highest BCUT2D eigenvalue weighted by Gasteiger charge is 2.09. The lowest BCUT2D eigenvalue weighted by atomic mass is 10.2. The van der Waals surface area contributed by atoms with E-state index in [0.29, 0.717) is 24.6 Å². The van der Waals surface area contributed by atoms with Gasteiger partial charge in [0.1, 0.15) is 11.5 Å². The Labute approximate surface area is 179 Å². The molecule has 7 nitrogen and oxygen atoms in total. The average Bonchev–Trinajstić information content (AvgIpc) is 3.25. The van der Waals surface area contributed by atoms with Crippen LogP contribution in [0.4, 0.5) is 8.78 Å². The number of aromatic nitrogens is 2. The number of nitrogens with zero attached hydrogens (tertiary/aromatic N) is 3. The Morgan fingerprint density at radius 3 is 2.58 bits per heavy atom. The van der Waals surface area contributed by atoms with Crippen LogP contribution >= 0.6 is 0 Å². The van der Waals surface area contributed by atoms with Crippen LogP contribution in [0.2, 0.25) is 0 Å².